The fourth-order valence-electron chi connectivity index (χ4n) is 0.842. The predicted molar refractivity (Wildman–Crippen MR) is 61.9 cm³/mol. The molecule has 72 valence electrons. The third-order valence-corrected chi connectivity index (χ3v) is 8.03. The highest BCUT2D eigenvalue weighted by Crippen LogP contribution is 2.20. The molecule has 0 aromatic heterocycles. The molecule has 0 bridgehead atoms. The Labute approximate surface area is 78.5 Å². The van der Waals surface area contributed by atoms with Crippen LogP contribution < -0.4 is 0 Å². The summed E-state index contributed by atoms with van der Waals surface area (Å²) in [5.74, 6) is 0. The Kier molecular flexibility index (Phi) is 4.44. The van der Waals surface area contributed by atoms with Crippen LogP contribution in [0, 0.1) is 0 Å². The van der Waals surface area contributed by atoms with Gasteiger partial charge in [0.25, 0.3) is 0 Å². The molecule has 0 aliphatic carbocycles. The molecular weight excluding hydrogens is 180 g/mol. The topological polar surface area (TPSA) is 20.2 Å². The molecule has 3 heteroatoms. The number of hydrogen-bond donors (Lipinski definition) is 1. The van der Waals surface area contributed by atoms with Crippen molar-refractivity contribution in [2.75, 3.05) is 6.23 Å². The molecule has 0 spiro atoms. The van der Waals surface area contributed by atoms with E-state index in [1.807, 2.05) is 0 Å². The van der Waals surface area contributed by atoms with Crippen molar-refractivity contribution in [1.29, 1.82) is 0 Å². The Morgan fingerprint density at radius 2 is 1.67 bits per heavy atom. The van der Waals surface area contributed by atoms with E-state index in [-0.39, 0.29) is 0 Å². The van der Waals surface area contributed by atoms with Crippen molar-refractivity contribution in [3.63, 3.8) is 0 Å². The SMILES string of the molecule is C=C[Si](C)(C)CC[Si](C)(C)CO. The molecule has 1 nitrogen and oxygen atoms in total. The Balaban J connectivity index is 3.90. The molecular formula is C9H22OSi2. The van der Waals surface area contributed by atoms with Crippen molar-refractivity contribution in [1.82, 2.24) is 0 Å². The second-order valence-electron chi connectivity index (χ2n) is 5.02. The molecule has 0 aromatic rings. The lowest BCUT2D eigenvalue weighted by Crippen LogP contribution is -2.34. The van der Waals surface area contributed by atoms with Gasteiger partial charge in [0.1, 0.15) is 0 Å². The van der Waals surface area contributed by atoms with Gasteiger partial charge in [-0.1, -0.05) is 38.3 Å². The third kappa shape index (κ3) is 4.90. The third-order valence-electron chi connectivity index (χ3n) is 2.43. The smallest absolute Gasteiger partial charge is 0.0770 e. The molecule has 1 N–H and O–H groups in total. The first-order chi connectivity index (χ1) is 5.33. The van der Waals surface area contributed by atoms with Crippen LogP contribution in [0.25, 0.3) is 0 Å². The molecule has 0 atom stereocenters. The van der Waals surface area contributed by atoms with Crippen LogP contribution in [0.2, 0.25) is 38.3 Å². The molecule has 0 rings (SSSR count). The number of rotatable bonds is 5. The summed E-state index contributed by atoms with van der Waals surface area (Å²) in [5, 5.41) is 9.11. The fraction of sp³-hybridized carbons (Fsp3) is 0.778. The summed E-state index contributed by atoms with van der Waals surface area (Å²) >= 11 is 0. The highest BCUT2D eigenvalue weighted by molar-refractivity contribution is 6.85. The van der Waals surface area contributed by atoms with Gasteiger partial charge in [-0.25, -0.2) is 0 Å². The van der Waals surface area contributed by atoms with E-state index >= 15 is 0 Å². The highest BCUT2D eigenvalue weighted by atomic mass is 28.3. The molecule has 0 saturated carbocycles. The molecule has 0 aromatic carbocycles. The van der Waals surface area contributed by atoms with Gasteiger partial charge in [0.15, 0.2) is 0 Å². The molecule has 0 heterocycles. The molecule has 0 saturated heterocycles. The first kappa shape index (κ1) is 12.1. The summed E-state index contributed by atoms with van der Waals surface area (Å²) in [7, 11) is -2.38. The monoisotopic (exact) mass is 202 g/mol. The first-order valence-corrected chi connectivity index (χ1v) is 11.3. The van der Waals surface area contributed by atoms with E-state index in [4.69, 9.17) is 5.11 Å². The number of aliphatic hydroxyl groups excluding tert-OH is 1. The zero-order valence-electron chi connectivity index (χ0n) is 8.85. The van der Waals surface area contributed by atoms with E-state index in [1.54, 1.807) is 0 Å². The summed E-state index contributed by atoms with van der Waals surface area (Å²) < 4.78 is 0. The maximum Gasteiger partial charge on any atom is 0.0770 e. The van der Waals surface area contributed by atoms with E-state index in [0.717, 1.165) is 0 Å². The van der Waals surface area contributed by atoms with Crippen molar-refractivity contribution >= 4 is 16.1 Å². The molecule has 0 aliphatic heterocycles. The zero-order valence-corrected chi connectivity index (χ0v) is 10.9. The van der Waals surface area contributed by atoms with Crippen LogP contribution in [0.5, 0.6) is 0 Å². The van der Waals surface area contributed by atoms with Gasteiger partial charge in [0, 0.05) is 6.23 Å². The van der Waals surface area contributed by atoms with E-state index in [2.05, 4.69) is 38.5 Å². The minimum atomic E-state index is -1.26. The van der Waals surface area contributed by atoms with Crippen LogP contribution >= 0.6 is 0 Å². The average Bonchev–Trinajstić information content (AvgIpc) is 2.02. The van der Waals surface area contributed by atoms with Crippen molar-refractivity contribution in [3.05, 3.63) is 12.3 Å². The van der Waals surface area contributed by atoms with Crippen molar-refractivity contribution < 1.29 is 5.11 Å². The van der Waals surface area contributed by atoms with Crippen LogP contribution in [0.4, 0.5) is 0 Å². The van der Waals surface area contributed by atoms with Crippen molar-refractivity contribution in [2.24, 2.45) is 0 Å². The van der Waals surface area contributed by atoms with Gasteiger partial charge in [-0.05, 0) is 0 Å². The maximum atomic E-state index is 9.11. The summed E-state index contributed by atoms with van der Waals surface area (Å²) in [6.45, 7) is 13.0. The van der Waals surface area contributed by atoms with Crippen LogP contribution in [-0.4, -0.2) is 27.5 Å². The van der Waals surface area contributed by atoms with Crippen molar-refractivity contribution in [2.45, 2.75) is 38.3 Å². The van der Waals surface area contributed by atoms with Crippen molar-refractivity contribution in [3.8, 4) is 0 Å². The van der Waals surface area contributed by atoms with Gasteiger partial charge in [-0.2, -0.15) is 0 Å². The zero-order chi connectivity index (χ0) is 9.83. The van der Waals surface area contributed by atoms with Gasteiger partial charge in [0.2, 0.25) is 0 Å². The predicted octanol–water partition coefficient (Wildman–Crippen LogP) is 2.66. The normalized spacial score (nSPS) is 13.1. The van der Waals surface area contributed by atoms with Gasteiger partial charge >= 0.3 is 0 Å². The first-order valence-electron chi connectivity index (χ1n) is 4.57. The van der Waals surface area contributed by atoms with Crippen LogP contribution in [0.15, 0.2) is 12.3 Å². The standard InChI is InChI=1S/C9H22OSi2/c1-6-11(2,3)7-8-12(4,5)9-10/h6,10H,1,7-9H2,2-5H3. The van der Waals surface area contributed by atoms with E-state index < -0.39 is 16.1 Å². The molecule has 0 unspecified atom stereocenters. The van der Waals surface area contributed by atoms with E-state index in [0.29, 0.717) is 6.23 Å². The second-order valence-corrected chi connectivity index (χ2v) is 15.0. The molecule has 0 amide bonds. The fourth-order valence-corrected chi connectivity index (χ4v) is 6.49. The van der Waals surface area contributed by atoms with Crippen LogP contribution in [0.3, 0.4) is 0 Å². The summed E-state index contributed by atoms with van der Waals surface area (Å²) in [5.41, 5.74) is 2.15. The van der Waals surface area contributed by atoms with Gasteiger partial charge in [-0.15, -0.1) is 12.3 Å². The lowest BCUT2D eigenvalue weighted by molar-refractivity contribution is 0.358. The lowest BCUT2D eigenvalue weighted by Gasteiger charge is -2.24. The van der Waals surface area contributed by atoms with E-state index in [1.165, 1.54) is 12.1 Å². The Bertz CT molecular complexity index is 153. The Hall–Kier alpha value is 0.134. The Morgan fingerprint density at radius 1 is 1.17 bits per heavy atom. The molecule has 0 aliphatic rings. The second kappa shape index (κ2) is 4.39. The summed E-state index contributed by atoms with van der Waals surface area (Å²) in [6.07, 6.45) is 0.425. The minimum absolute atomic E-state index is 0.425. The quantitative estimate of drug-likeness (QED) is 0.680. The largest absolute Gasteiger partial charge is 0.400 e. The van der Waals surface area contributed by atoms with Crippen LogP contribution in [0.1, 0.15) is 0 Å². The lowest BCUT2D eigenvalue weighted by atomic mass is 10.9. The molecule has 12 heavy (non-hydrogen) atoms. The summed E-state index contributed by atoms with van der Waals surface area (Å²) in [4.78, 5) is 0. The minimum Gasteiger partial charge on any atom is -0.400 e. The van der Waals surface area contributed by atoms with Gasteiger partial charge in [0.05, 0.1) is 16.1 Å². The van der Waals surface area contributed by atoms with Gasteiger partial charge < -0.3 is 5.11 Å². The molecule has 0 fully saturated rings. The Morgan fingerprint density at radius 3 is 2.00 bits per heavy atom. The van der Waals surface area contributed by atoms with E-state index in [9.17, 15) is 0 Å². The summed E-state index contributed by atoms with van der Waals surface area (Å²) in [6, 6.07) is 2.53. The number of aliphatic hydroxyl groups is 1. The highest BCUT2D eigenvalue weighted by Gasteiger charge is 2.24. The maximum absolute atomic E-state index is 9.11. The average molecular weight is 202 g/mol. The molecule has 0 radical (unpaired) electrons. The van der Waals surface area contributed by atoms with Crippen LogP contribution in [-0.2, 0) is 0 Å². The number of hydrogen-bond acceptors (Lipinski definition) is 1. The van der Waals surface area contributed by atoms with Gasteiger partial charge in [-0.3, -0.25) is 0 Å².